The quantitative estimate of drug-likeness (QED) is 0.560. The van der Waals surface area contributed by atoms with Crippen LogP contribution < -0.4 is 5.63 Å². The molecule has 0 spiro atoms. The fraction of sp³-hybridized carbons (Fsp3) is 0.238. The molecule has 0 amide bonds. The van der Waals surface area contributed by atoms with E-state index in [2.05, 4.69) is 13.8 Å². The van der Waals surface area contributed by atoms with E-state index in [-0.39, 0.29) is 17.9 Å². The second kappa shape index (κ2) is 7.04. The van der Waals surface area contributed by atoms with E-state index >= 15 is 0 Å². The lowest BCUT2D eigenvalue weighted by atomic mass is 9.95. The molecule has 0 saturated heterocycles. The van der Waals surface area contributed by atoms with Crippen molar-refractivity contribution in [2.45, 2.75) is 33.3 Å². The predicted octanol–water partition coefficient (Wildman–Crippen LogP) is 4.29. The molecule has 26 heavy (non-hydrogen) atoms. The summed E-state index contributed by atoms with van der Waals surface area (Å²) in [5.41, 5.74) is 2.80. The van der Waals surface area contributed by atoms with Crippen molar-refractivity contribution in [3.63, 3.8) is 0 Å². The number of aryl methyl sites for hydroxylation is 1. The van der Waals surface area contributed by atoms with E-state index < -0.39 is 11.6 Å². The van der Waals surface area contributed by atoms with Gasteiger partial charge in [0.05, 0.1) is 0 Å². The van der Waals surface area contributed by atoms with E-state index in [1.165, 1.54) is 18.2 Å². The van der Waals surface area contributed by atoms with Crippen LogP contribution in [0.25, 0.3) is 11.0 Å². The third-order valence-corrected chi connectivity index (χ3v) is 4.32. The molecule has 3 aromatic rings. The fourth-order valence-corrected chi connectivity index (χ4v) is 3.00. The Bertz CT molecular complexity index is 1030. The largest absolute Gasteiger partial charge is 0.507 e. The third-order valence-electron chi connectivity index (χ3n) is 4.32. The Balaban J connectivity index is 1.97. The normalized spacial score (nSPS) is 11.1. The standard InChI is InChI=1S/C21H20O5/c1-12(2)16-10-17-14(9-20(23)26-19(17)8-13(16)3)11-25-21(24)15-6-4-5-7-18(15)22/h4-10,12,22H,11H2,1-3H3. The predicted molar refractivity (Wildman–Crippen MR) is 98.5 cm³/mol. The van der Waals surface area contributed by atoms with Gasteiger partial charge in [0.25, 0.3) is 0 Å². The number of carbonyl (C=O) groups is 1. The maximum atomic E-state index is 12.2. The van der Waals surface area contributed by atoms with Gasteiger partial charge in [0.15, 0.2) is 0 Å². The van der Waals surface area contributed by atoms with Crippen LogP contribution in [0, 0.1) is 6.92 Å². The third kappa shape index (κ3) is 3.47. The van der Waals surface area contributed by atoms with E-state index in [0.717, 1.165) is 16.5 Å². The maximum absolute atomic E-state index is 12.2. The lowest BCUT2D eigenvalue weighted by molar-refractivity contribution is 0.0470. The zero-order chi connectivity index (χ0) is 18.8. The van der Waals surface area contributed by atoms with E-state index in [0.29, 0.717) is 17.1 Å². The van der Waals surface area contributed by atoms with Gasteiger partial charge in [-0.3, -0.25) is 0 Å². The van der Waals surface area contributed by atoms with Crippen LogP contribution >= 0.6 is 0 Å². The van der Waals surface area contributed by atoms with Crippen molar-refractivity contribution < 1.29 is 19.1 Å². The van der Waals surface area contributed by atoms with Crippen molar-refractivity contribution in [2.24, 2.45) is 0 Å². The highest BCUT2D eigenvalue weighted by Crippen LogP contribution is 2.27. The molecule has 0 unspecified atom stereocenters. The number of para-hydroxylation sites is 1. The van der Waals surface area contributed by atoms with Crippen LogP contribution in [0.5, 0.6) is 5.75 Å². The van der Waals surface area contributed by atoms with E-state index in [4.69, 9.17) is 9.15 Å². The number of ether oxygens (including phenoxy) is 1. The monoisotopic (exact) mass is 352 g/mol. The zero-order valence-electron chi connectivity index (χ0n) is 14.9. The first-order valence-corrected chi connectivity index (χ1v) is 8.39. The molecular weight excluding hydrogens is 332 g/mol. The van der Waals surface area contributed by atoms with Gasteiger partial charge < -0.3 is 14.3 Å². The molecule has 0 saturated carbocycles. The summed E-state index contributed by atoms with van der Waals surface area (Å²) in [6.07, 6.45) is 0. The molecule has 3 rings (SSSR count). The van der Waals surface area contributed by atoms with Gasteiger partial charge in [-0.15, -0.1) is 0 Å². The Hall–Kier alpha value is -3.08. The Morgan fingerprint density at radius 2 is 1.92 bits per heavy atom. The molecule has 1 heterocycles. The topological polar surface area (TPSA) is 76.7 Å². The summed E-state index contributed by atoms with van der Waals surface area (Å²) in [5, 5.41) is 10.5. The first-order valence-electron chi connectivity index (χ1n) is 8.39. The molecule has 5 heteroatoms. The zero-order valence-corrected chi connectivity index (χ0v) is 14.9. The average molecular weight is 352 g/mol. The number of rotatable bonds is 4. The van der Waals surface area contributed by atoms with Crippen molar-refractivity contribution >= 4 is 16.9 Å². The summed E-state index contributed by atoms with van der Waals surface area (Å²) >= 11 is 0. The summed E-state index contributed by atoms with van der Waals surface area (Å²) in [7, 11) is 0. The summed E-state index contributed by atoms with van der Waals surface area (Å²) in [5.74, 6) is -0.490. The van der Waals surface area contributed by atoms with E-state index in [1.54, 1.807) is 12.1 Å². The van der Waals surface area contributed by atoms with Gasteiger partial charge in [-0.1, -0.05) is 26.0 Å². The van der Waals surface area contributed by atoms with Crippen molar-refractivity contribution in [1.82, 2.24) is 0 Å². The lowest BCUT2D eigenvalue weighted by Gasteiger charge is -2.13. The van der Waals surface area contributed by atoms with Crippen LogP contribution in [0.4, 0.5) is 0 Å². The van der Waals surface area contributed by atoms with Gasteiger partial charge in [0, 0.05) is 17.0 Å². The molecule has 1 aromatic heterocycles. The van der Waals surface area contributed by atoms with Gasteiger partial charge in [0.2, 0.25) is 0 Å². The highest BCUT2D eigenvalue weighted by molar-refractivity contribution is 5.92. The Morgan fingerprint density at radius 3 is 2.62 bits per heavy atom. The number of benzene rings is 2. The van der Waals surface area contributed by atoms with Crippen LogP contribution in [0.1, 0.15) is 46.8 Å². The minimum atomic E-state index is -0.652. The molecule has 1 N–H and O–H groups in total. The summed E-state index contributed by atoms with van der Waals surface area (Å²) in [6.45, 7) is 6.06. The maximum Gasteiger partial charge on any atom is 0.342 e. The van der Waals surface area contributed by atoms with Crippen molar-refractivity contribution in [3.05, 3.63) is 75.1 Å². The number of phenols is 1. The van der Waals surface area contributed by atoms with Crippen molar-refractivity contribution in [2.75, 3.05) is 0 Å². The lowest BCUT2D eigenvalue weighted by Crippen LogP contribution is -2.08. The molecule has 0 atom stereocenters. The number of carbonyl (C=O) groups excluding carboxylic acids is 1. The molecular formula is C21H20O5. The number of fused-ring (bicyclic) bond motifs is 1. The molecule has 5 nitrogen and oxygen atoms in total. The number of aromatic hydroxyl groups is 1. The first kappa shape index (κ1) is 17.7. The number of hydrogen-bond acceptors (Lipinski definition) is 5. The van der Waals surface area contributed by atoms with Crippen molar-refractivity contribution in [1.29, 1.82) is 0 Å². The minimum absolute atomic E-state index is 0.0819. The smallest absolute Gasteiger partial charge is 0.342 e. The van der Waals surface area contributed by atoms with Crippen LogP contribution in [-0.4, -0.2) is 11.1 Å². The molecule has 0 fully saturated rings. The van der Waals surface area contributed by atoms with Gasteiger partial charge in [-0.2, -0.15) is 0 Å². The van der Waals surface area contributed by atoms with Gasteiger partial charge in [0.1, 0.15) is 23.5 Å². The molecule has 2 aromatic carbocycles. The molecule has 0 aliphatic carbocycles. The Morgan fingerprint density at radius 1 is 1.19 bits per heavy atom. The Labute approximate surface area is 150 Å². The molecule has 0 aliphatic heterocycles. The van der Waals surface area contributed by atoms with Crippen LogP contribution in [0.15, 0.2) is 51.7 Å². The fourth-order valence-electron chi connectivity index (χ4n) is 3.00. The van der Waals surface area contributed by atoms with Crippen LogP contribution in [0.3, 0.4) is 0 Å². The van der Waals surface area contributed by atoms with Gasteiger partial charge in [-0.25, -0.2) is 9.59 Å². The molecule has 134 valence electrons. The second-order valence-electron chi connectivity index (χ2n) is 6.54. The van der Waals surface area contributed by atoms with Crippen LogP contribution in [-0.2, 0) is 11.3 Å². The van der Waals surface area contributed by atoms with Crippen molar-refractivity contribution in [3.8, 4) is 5.75 Å². The van der Waals surface area contributed by atoms with Crippen LogP contribution in [0.2, 0.25) is 0 Å². The summed E-state index contributed by atoms with van der Waals surface area (Å²) < 4.78 is 10.6. The van der Waals surface area contributed by atoms with Gasteiger partial charge >= 0.3 is 11.6 Å². The minimum Gasteiger partial charge on any atom is -0.507 e. The molecule has 0 aliphatic rings. The number of esters is 1. The number of hydrogen-bond donors (Lipinski definition) is 1. The van der Waals surface area contributed by atoms with E-state index in [9.17, 15) is 14.7 Å². The highest BCUT2D eigenvalue weighted by atomic mass is 16.5. The summed E-state index contributed by atoms with van der Waals surface area (Å²) in [4.78, 5) is 24.1. The molecule has 0 bridgehead atoms. The first-order chi connectivity index (χ1) is 12.4. The number of phenolic OH excluding ortho intramolecular Hbond substituents is 1. The average Bonchev–Trinajstić information content (AvgIpc) is 2.58. The second-order valence-corrected chi connectivity index (χ2v) is 6.54. The molecule has 0 radical (unpaired) electrons. The van der Waals surface area contributed by atoms with E-state index in [1.807, 2.05) is 19.1 Å². The van der Waals surface area contributed by atoms with Gasteiger partial charge in [-0.05, 0) is 48.2 Å². The highest BCUT2D eigenvalue weighted by Gasteiger charge is 2.15. The SMILES string of the molecule is Cc1cc2oc(=O)cc(COC(=O)c3ccccc3O)c2cc1C(C)C. The summed E-state index contributed by atoms with van der Waals surface area (Å²) in [6, 6.07) is 11.3. The Kier molecular flexibility index (Phi) is 4.80.